The number of aromatic nitrogens is 1. The van der Waals surface area contributed by atoms with Crippen molar-refractivity contribution in [1.29, 1.82) is 0 Å². The van der Waals surface area contributed by atoms with E-state index in [4.69, 9.17) is 9.47 Å². The molecule has 2 heterocycles. The summed E-state index contributed by atoms with van der Waals surface area (Å²) in [6, 6.07) is 20.3. The molecule has 0 aliphatic carbocycles. The minimum Gasteiger partial charge on any atom is -0.497 e. The number of fused-ring (bicyclic) bond motifs is 1. The Morgan fingerprint density at radius 1 is 0.962 bits per heavy atom. The molecule has 5 nitrogen and oxygen atoms in total. The van der Waals surface area contributed by atoms with Gasteiger partial charge in [0.1, 0.15) is 11.5 Å². The Labute approximate surface area is 151 Å². The van der Waals surface area contributed by atoms with Gasteiger partial charge in [0.15, 0.2) is 0 Å². The van der Waals surface area contributed by atoms with Crippen molar-refractivity contribution in [2.45, 2.75) is 5.60 Å². The normalized spacial score (nSPS) is 18.5. The van der Waals surface area contributed by atoms with Crippen LogP contribution in [0.5, 0.6) is 11.5 Å². The summed E-state index contributed by atoms with van der Waals surface area (Å²) < 4.78 is 11.7. The van der Waals surface area contributed by atoms with Gasteiger partial charge in [-0.05, 0) is 42.5 Å². The molecule has 0 fully saturated rings. The van der Waals surface area contributed by atoms with E-state index < -0.39 is 5.60 Å². The summed E-state index contributed by atoms with van der Waals surface area (Å²) in [7, 11) is 3.34. The molecule has 1 atom stereocenters. The number of benzene rings is 2. The van der Waals surface area contributed by atoms with Crippen molar-refractivity contribution in [3.8, 4) is 11.5 Å². The predicted molar refractivity (Wildman–Crippen MR) is 98.5 cm³/mol. The van der Waals surface area contributed by atoms with Crippen LogP contribution in [0.1, 0.15) is 11.3 Å². The minimum atomic E-state index is -1.36. The monoisotopic (exact) mass is 346 g/mol. The Morgan fingerprint density at radius 3 is 2.42 bits per heavy atom. The average Bonchev–Trinajstić information content (AvgIpc) is 2.91. The van der Waals surface area contributed by atoms with Gasteiger partial charge in [-0.1, -0.05) is 24.3 Å². The van der Waals surface area contributed by atoms with Crippen LogP contribution >= 0.6 is 0 Å². The highest BCUT2D eigenvalue weighted by atomic mass is 16.5. The highest BCUT2D eigenvalue weighted by Crippen LogP contribution is 2.47. The smallest absolute Gasteiger partial charge is 0.282 e. The molecule has 26 heavy (non-hydrogen) atoms. The molecule has 0 N–H and O–H groups in total. The maximum atomic E-state index is 13.4. The molecule has 0 spiro atoms. The van der Waals surface area contributed by atoms with E-state index in [0.717, 1.165) is 5.69 Å². The number of ether oxygens (including phenoxy) is 2. The predicted octanol–water partition coefficient (Wildman–Crippen LogP) is 3.39. The number of carbonyl (C=O) groups excluding carboxylic acids is 1. The van der Waals surface area contributed by atoms with E-state index in [1.165, 1.54) is 0 Å². The van der Waals surface area contributed by atoms with Crippen LogP contribution in [0.3, 0.4) is 0 Å². The lowest BCUT2D eigenvalue weighted by Gasteiger charge is -2.29. The van der Waals surface area contributed by atoms with Gasteiger partial charge in [-0.25, -0.2) is 0 Å². The zero-order chi connectivity index (χ0) is 18.1. The number of pyridine rings is 1. The number of rotatable bonds is 4. The number of hydrogen-bond donors (Lipinski definition) is 0. The second-order valence-electron chi connectivity index (χ2n) is 6.06. The summed E-state index contributed by atoms with van der Waals surface area (Å²) >= 11 is 0. The fraction of sp³-hybridized carbons (Fsp3) is 0.143. The van der Waals surface area contributed by atoms with Gasteiger partial charge < -0.3 is 14.4 Å². The van der Waals surface area contributed by atoms with E-state index in [9.17, 15) is 4.79 Å². The van der Waals surface area contributed by atoms with Crippen molar-refractivity contribution < 1.29 is 14.3 Å². The van der Waals surface area contributed by atoms with Gasteiger partial charge in [0, 0.05) is 18.8 Å². The standard InChI is InChI=1S/C21H18N2O3/c1-23-18-12-11-16(25-2)14-17(18)21(20(23)24,19-10-6-7-13-22-19)26-15-8-4-3-5-9-15/h3-14H,1-2H3. The first-order valence-electron chi connectivity index (χ1n) is 8.29. The van der Waals surface area contributed by atoms with E-state index in [-0.39, 0.29) is 5.91 Å². The van der Waals surface area contributed by atoms with E-state index in [2.05, 4.69) is 4.98 Å². The van der Waals surface area contributed by atoms with Crippen molar-refractivity contribution in [2.75, 3.05) is 19.1 Å². The molecule has 4 rings (SSSR count). The van der Waals surface area contributed by atoms with Gasteiger partial charge in [-0.2, -0.15) is 0 Å². The molecule has 2 aromatic carbocycles. The van der Waals surface area contributed by atoms with Gasteiger partial charge in [0.2, 0.25) is 0 Å². The number of para-hydroxylation sites is 1. The molecular weight excluding hydrogens is 328 g/mol. The van der Waals surface area contributed by atoms with Crippen LogP contribution in [0.15, 0.2) is 72.9 Å². The average molecular weight is 346 g/mol. The molecule has 0 radical (unpaired) electrons. The van der Waals surface area contributed by atoms with Crippen molar-refractivity contribution in [3.63, 3.8) is 0 Å². The number of methoxy groups -OCH3 is 1. The van der Waals surface area contributed by atoms with Crippen molar-refractivity contribution in [2.24, 2.45) is 0 Å². The fourth-order valence-corrected chi connectivity index (χ4v) is 3.31. The first-order chi connectivity index (χ1) is 12.7. The second-order valence-corrected chi connectivity index (χ2v) is 6.06. The third-order valence-corrected chi connectivity index (χ3v) is 4.59. The van der Waals surface area contributed by atoms with Crippen molar-refractivity contribution in [1.82, 2.24) is 4.98 Å². The van der Waals surface area contributed by atoms with Gasteiger partial charge in [-0.15, -0.1) is 0 Å². The first-order valence-corrected chi connectivity index (χ1v) is 8.29. The van der Waals surface area contributed by atoms with Crippen LogP contribution in [-0.4, -0.2) is 25.0 Å². The molecule has 0 saturated heterocycles. The minimum absolute atomic E-state index is 0.191. The summed E-state index contributed by atoms with van der Waals surface area (Å²) in [6.07, 6.45) is 1.66. The molecule has 130 valence electrons. The zero-order valence-electron chi connectivity index (χ0n) is 14.5. The molecular formula is C21H18N2O3. The maximum absolute atomic E-state index is 13.4. The Balaban J connectivity index is 1.99. The Morgan fingerprint density at radius 2 is 1.73 bits per heavy atom. The number of carbonyl (C=O) groups is 1. The lowest BCUT2D eigenvalue weighted by Crippen LogP contribution is -2.45. The third-order valence-electron chi connectivity index (χ3n) is 4.59. The lowest BCUT2D eigenvalue weighted by atomic mass is 9.90. The Kier molecular flexibility index (Phi) is 3.84. The van der Waals surface area contributed by atoms with Crippen molar-refractivity contribution >= 4 is 11.6 Å². The van der Waals surface area contributed by atoms with Gasteiger partial charge >= 0.3 is 0 Å². The van der Waals surface area contributed by atoms with Gasteiger partial charge in [0.25, 0.3) is 11.5 Å². The van der Waals surface area contributed by atoms with E-state index in [0.29, 0.717) is 22.8 Å². The third kappa shape index (κ3) is 2.32. The summed E-state index contributed by atoms with van der Waals surface area (Å²) in [6.45, 7) is 0. The van der Waals surface area contributed by atoms with Crippen LogP contribution in [0.4, 0.5) is 5.69 Å². The molecule has 1 amide bonds. The van der Waals surface area contributed by atoms with Crippen LogP contribution in [-0.2, 0) is 10.4 Å². The Hall–Kier alpha value is -3.34. The van der Waals surface area contributed by atoms with Crippen LogP contribution < -0.4 is 14.4 Å². The number of amides is 1. The largest absolute Gasteiger partial charge is 0.497 e. The highest BCUT2D eigenvalue weighted by molar-refractivity contribution is 6.09. The summed E-state index contributed by atoms with van der Waals surface area (Å²) in [5.41, 5.74) is 0.665. The van der Waals surface area contributed by atoms with Gasteiger partial charge in [0.05, 0.1) is 18.5 Å². The Bertz CT molecular complexity index is 944. The molecule has 3 aromatic rings. The van der Waals surface area contributed by atoms with E-state index in [1.807, 2.05) is 66.7 Å². The summed E-state index contributed by atoms with van der Waals surface area (Å²) in [5, 5.41) is 0. The molecule has 1 aliphatic heterocycles. The van der Waals surface area contributed by atoms with Crippen LogP contribution in [0.2, 0.25) is 0 Å². The van der Waals surface area contributed by atoms with E-state index in [1.54, 1.807) is 25.3 Å². The summed E-state index contributed by atoms with van der Waals surface area (Å²) in [5.74, 6) is 1.06. The molecule has 1 unspecified atom stereocenters. The quantitative estimate of drug-likeness (QED) is 0.727. The van der Waals surface area contributed by atoms with Crippen LogP contribution in [0, 0.1) is 0 Å². The van der Waals surface area contributed by atoms with Crippen molar-refractivity contribution in [3.05, 3.63) is 84.2 Å². The number of hydrogen-bond acceptors (Lipinski definition) is 4. The molecule has 0 bridgehead atoms. The van der Waals surface area contributed by atoms with Gasteiger partial charge in [-0.3, -0.25) is 9.78 Å². The fourth-order valence-electron chi connectivity index (χ4n) is 3.31. The topological polar surface area (TPSA) is 51.7 Å². The number of nitrogens with zero attached hydrogens (tertiary/aromatic N) is 2. The molecule has 5 heteroatoms. The molecule has 0 saturated carbocycles. The summed E-state index contributed by atoms with van der Waals surface area (Å²) in [4.78, 5) is 19.5. The zero-order valence-corrected chi connectivity index (χ0v) is 14.5. The van der Waals surface area contributed by atoms with Crippen LogP contribution in [0.25, 0.3) is 0 Å². The second kappa shape index (κ2) is 6.19. The lowest BCUT2D eigenvalue weighted by molar-refractivity contribution is -0.130. The SMILES string of the molecule is COc1ccc2c(c1)C(Oc1ccccc1)(c1ccccn1)C(=O)N2C. The first kappa shape index (κ1) is 16.1. The van der Waals surface area contributed by atoms with E-state index >= 15 is 0 Å². The molecule has 1 aromatic heterocycles. The number of anilines is 1. The molecule has 1 aliphatic rings. The number of likely N-dealkylation sites (N-methyl/N-ethyl adjacent to an activating group) is 1. The highest BCUT2D eigenvalue weighted by Gasteiger charge is 2.55. The maximum Gasteiger partial charge on any atom is 0.282 e.